The third-order valence-corrected chi connectivity index (χ3v) is 5.06. The molecule has 0 radical (unpaired) electrons. The van der Waals surface area contributed by atoms with Gasteiger partial charge in [0.25, 0.3) is 0 Å². The van der Waals surface area contributed by atoms with E-state index in [4.69, 9.17) is 10.5 Å². The lowest BCUT2D eigenvalue weighted by Crippen LogP contribution is -2.23. The highest BCUT2D eigenvalue weighted by atomic mass is 16.5. The molecule has 2 aliphatic rings. The van der Waals surface area contributed by atoms with E-state index >= 15 is 0 Å². The van der Waals surface area contributed by atoms with Crippen molar-refractivity contribution in [2.24, 2.45) is 5.73 Å². The zero-order chi connectivity index (χ0) is 14.3. The summed E-state index contributed by atoms with van der Waals surface area (Å²) in [5.74, 6) is 0.976. The fraction of sp³-hybridized carbons (Fsp3) is 0.368. The Hall–Kier alpha value is -1.80. The van der Waals surface area contributed by atoms with E-state index < -0.39 is 0 Å². The molecule has 0 amide bonds. The Morgan fingerprint density at radius 2 is 1.95 bits per heavy atom. The number of nitrogens with two attached hydrogens (primary N) is 1. The van der Waals surface area contributed by atoms with Crippen LogP contribution in [0.2, 0.25) is 0 Å². The maximum absolute atomic E-state index is 6.19. The number of fused-ring (bicyclic) bond motifs is 2. The van der Waals surface area contributed by atoms with Crippen LogP contribution in [0.15, 0.2) is 48.5 Å². The quantitative estimate of drug-likeness (QED) is 0.932. The molecule has 2 heteroatoms. The molecule has 2 nitrogen and oxygen atoms in total. The van der Waals surface area contributed by atoms with Gasteiger partial charge in [0.05, 0.1) is 0 Å². The zero-order valence-corrected chi connectivity index (χ0v) is 12.2. The molecule has 2 aromatic rings. The summed E-state index contributed by atoms with van der Waals surface area (Å²) in [6.07, 6.45) is 4.82. The van der Waals surface area contributed by atoms with Crippen LogP contribution in [0.1, 0.15) is 36.0 Å². The Morgan fingerprint density at radius 3 is 2.71 bits per heavy atom. The van der Waals surface area contributed by atoms with Crippen molar-refractivity contribution in [3.8, 4) is 5.75 Å². The van der Waals surface area contributed by atoms with Crippen molar-refractivity contribution in [1.29, 1.82) is 0 Å². The van der Waals surface area contributed by atoms with Crippen LogP contribution in [0.25, 0.3) is 0 Å². The average Bonchev–Trinajstić information content (AvgIpc) is 3.16. The maximum Gasteiger partial charge on any atom is 0.120 e. The summed E-state index contributed by atoms with van der Waals surface area (Å²) in [6.45, 7) is 0.629. The summed E-state index contributed by atoms with van der Waals surface area (Å²) in [4.78, 5) is 0. The minimum absolute atomic E-state index is 0.297. The van der Waals surface area contributed by atoms with E-state index in [0.29, 0.717) is 18.1 Å². The molecular weight excluding hydrogens is 258 g/mol. The average molecular weight is 279 g/mol. The molecular formula is C19H21NO. The van der Waals surface area contributed by atoms with Crippen molar-refractivity contribution in [2.75, 3.05) is 0 Å². The van der Waals surface area contributed by atoms with E-state index in [1.54, 1.807) is 0 Å². The van der Waals surface area contributed by atoms with Crippen molar-refractivity contribution in [2.45, 2.75) is 43.7 Å². The topological polar surface area (TPSA) is 35.2 Å². The van der Waals surface area contributed by atoms with Gasteiger partial charge in [-0.15, -0.1) is 0 Å². The molecule has 0 heterocycles. The van der Waals surface area contributed by atoms with Gasteiger partial charge in [-0.05, 0) is 54.5 Å². The van der Waals surface area contributed by atoms with Crippen LogP contribution >= 0.6 is 0 Å². The van der Waals surface area contributed by atoms with Crippen molar-refractivity contribution >= 4 is 0 Å². The van der Waals surface area contributed by atoms with Crippen molar-refractivity contribution in [3.05, 3.63) is 65.2 Å². The smallest absolute Gasteiger partial charge is 0.120 e. The molecule has 0 saturated heterocycles. The van der Waals surface area contributed by atoms with E-state index in [1.807, 2.05) is 18.2 Å². The predicted molar refractivity (Wildman–Crippen MR) is 84.4 cm³/mol. The second-order valence-corrected chi connectivity index (χ2v) is 6.41. The summed E-state index contributed by atoms with van der Waals surface area (Å²) in [6, 6.07) is 17.3. The minimum Gasteiger partial charge on any atom is -0.489 e. The van der Waals surface area contributed by atoms with E-state index in [-0.39, 0.29) is 0 Å². The second-order valence-electron chi connectivity index (χ2n) is 6.41. The highest BCUT2D eigenvalue weighted by molar-refractivity contribution is 5.47. The Kier molecular flexibility index (Phi) is 3.00. The van der Waals surface area contributed by atoms with Crippen LogP contribution in [0.3, 0.4) is 0 Å². The van der Waals surface area contributed by atoms with Gasteiger partial charge >= 0.3 is 0 Å². The summed E-state index contributed by atoms with van der Waals surface area (Å²) >= 11 is 0. The Balaban J connectivity index is 1.53. The van der Waals surface area contributed by atoms with Crippen LogP contribution < -0.4 is 10.5 Å². The van der Waals surface area contributed by atoms with Crippen molar-refractivity contribution < 1.29 is 4.74 Å². The molecule has 0 aromatic heterocycles. The molecule has 1 saturated carbocycles. The number of ether oxygens (including phenoxy) is 1. The molecule has 2 N–H and O–H groups in total. The van der Waals surface area contributed by atoms with Gasteiger partial charge in [-0.2, -0.15) is 0 Å². The molecule has 21 heavy (non-hydrogen) atoms. The number of benzene rings is 2. The van der Waals surface area contributed by atoms with Gasteiger partial charge in [0.2, 0.25) is 0 Å². The van der Waals surface area contributed by atoms with Crippen molar-refractivity contribution in [3.63, 3.8) is 0 Å². The Morgan fingerprint density at radius 1 is 1.14 bits per heavy atom. The van der Waals surface area contributed by atoms with Gasteiger partial charge in [0.1, 0.15) is 12.4 Å². The van der Waals surface area contributed by atoms with Gasteiger partial charge in [0.15, 0.2) is 0 Å². The maximum atomic E-state index is 6.19. The van der Waals surface area contributed by atoms with Gasteiger partial charge < -0.3 is 10.5 Å². The van der Waals surface area contributed by atoms with Crippen LogP contribution in [0.5, 0.6) is 5.75 Å². The highest BCUT2D eigenvalue weighted by Crippen LogP contribution is 2.54. The number of hydrogen-bond acceptors (Lipinski definition) is 2. The summed E-state index contributed by atoms with van der Waals surface area (Å²) < 4.78 is 5.94. The van der Waals surface area contributed by atoms with Gasteiger partial charge in [-0.1, -0.05) is 36.4 Å². The zero-order valence-electron chi connectivity index (χ0n) is 12.2. The fourth-order valence-corrected chi connectivity index (χ4v) is 3.75. The molecule has 108 valence electrons. The SMILES string of the molecule is NC1CC12CCCc1cc(OCc3ccccc3)ccc12. The fourth-order valence-electron chi connectivity index (χ4n) is 3.75. The Bertz CT molecular complexity index is 652. The molecule has 4 rings (SSSR count). The first-order chi connectivity index (χ1) is 10.3. The van der Waals surface area contributed by atoms with Crippen LogP contribution in [-0.2, 0) is 18.4 Å². The molecule has 2 aromatic carbocycles. The Labute approximate surface area is 125 Å². The summed E-state index contributed by atoms with van der Waals surface area (Å²) in [5.41, 5.74) is 10.6. The van der Waals surface area contributed by atoms with E-state index in [0.717, 1.165) is 18.6 Å². The van der Waals surface area contributed by atoms with Crippen LogP contribution in [0.4, 0.5) is 0 Å². The molecule has 2 unspecified atom stereocenters. The van der Waals surface area contributed by atoms with Gasteiger partial charge in [0, 0.05) is 11.5 Å². The molecule has 2 atom stereocenters. The molecule has 0 aliphatic heterocycles. The third-order valence-electron chi connectivity index (χ3n) is 5.06. The molecule has 0 bridgehead atoms. The standard InChI is InChI=1S/C19H21NO/c20-18-12-19(18)10-4-7-15-11-16(8-9-17(15)19)21-13-14-5-2-1-3-6-14/h1-3,5-6,8-9,11,18H,4,7,10,12-13,20H2. The molecule has 1 fully saturated rings. The van der Waals surface area contributed by atoms with E-state index in [9.17, 15) is 0 Å². The lowest BCUT2D eigenvalue weighted by atomic mass is 9.79. The minimum atomic E-state index is 0.297. The second kappa shape index (κ2) is 4.88. The monoisotopic (exact) mass is 279 g/mol. The first-order valence-corrected chi connectivity index (χ1v) is 7.84. The largest absolute Gasteiger partial charge is 0.489 e. The summed E-state index contributed by atoms with van der Waals surface area (Å²) in [5, 5.41) is 0. The number of aryl methyl sites for hydroxylation is 1. The van der Waals surface area contributed by atoms with Crippen LogP contribution in [-0.4, -0.2) is 6.04 Å². The first-order valence-electron chi connectivity index (χ1n) is 7.84. The van der Waals surface area contributed by atoms with Crippen molar-refractivity contribution in [1.82, 2.24) is 0 Å². The lowest BCUT2D eigenvalue weighted by molar-refractivity contribution is 0.305. The number of hydrogen-bond donors (Lipinski definition) is 1. The third kappa shape index (κ3) is 2.24. The predicted octanol–water partition coefficient (Wildman–Crippen LogP) is 3.57. The van der Waals surface area contributed by atoms with E-state index in [2.05, 4.69) is 30.3 Å². The molecule has 1 spiro atoms. The van der Waals surface area contributed by atoms with Gasteiger partial charge in [-0.25, -0.2) is 0 Å². The highest BCUT2D eigenvalue weighted by Gasteiger charge is 2.54. The summed E-state index contributed by atoms with van der Waals surface area (Å²) in [7, 11) is 0. The van der Waals surface area contributed by atoms with Gasteiger partial charge in [-0.3, -0.25) is 0 Å². The van der Waals surface area contributed by atoms with Crippen LogP contribution in [0, 0.1) is 0 Å². The molecule has 2 aliphatic carbocycles. The lowest BCUT2D eigenvalue weighted by Gasteiger charge is -2.26. The normalized spacial score (nSPS) is 26.4. The van der Waals surface area contributed by atoms with E-state index in [1.165, 1.54) is 29.5 Å². The number of rotatable bonds is 3. The first kappa shape index (κ1) is 12.9.